The molecule has 11 heavy (non-hydrogen) atoms. The fourth-order valence-electron chi connectivity index (χ4n) is 0.707. The van der Waals surface area contributed by atoms with Crippen LogP contribution in [0.3, 0.4) is 0 Å². The van der Waals surface area contributed by atoms with Gasteiger partial charge in [0.1, 0.15) is 12.5 Å². The Labute approximate surface area is 72.7 Å². The molecule has 0 nitrogen and oxygen atoms in total. The summed E-state index contributed by atoms with van der Waals surface area (Å²) < 4.78 is 24.7. The van der Waals surface area contributed by atoms with Crippen LogP contribution >= 0.6 is 23.2 Å². The molecule has 60 valence electrons. The van der Waals surface area contributed by atoms with Gasteiger partial charge in [-0.3, -0.25) is 0 Å². The topological polar surface area (TPSA) is 0 Å². The predicted octanol–water partition coefficient (Wildman–Crippen LogP) is 3.60. The van der Waals surface area contributed by atoms with Gasteiger partial charge in [-0.1, -0.05) is 23.2 Å². The zero-order valence-corrected chi connectivity index (χ0v) is 6.89. The first-order valence-corrected chi connectivity index (χ1v) is 3.60. The fraction of sp³-hybridized carbons (Fsp3) is 0.143. The van der Waals surface area contributed by atoms with E-state index in [4.69, 9.17) is 23.2 Å². The summed E-state index contributed by atoms with van der Waals surface area (Å²) in [6, 6.07) is 2.34. The molecule has 0 fully saturated rings. The summed E-state index contributed by atoms with van der Waals surface area (Å²) >= 11 is 10.8. The Morgan fingerprint density at radius 3 is 2.45 bits per heavy atom. The highest BCUT2D eigenvalue weighted by molar-refractivity contribution is 6.33. The van der Waals surface area contributed by atoms with Crippen LogP contribution in [0.15, 0.2) is 12.1 Å². The van der Waals surface area contributed by atoms with Gasteiger partial charge in [0.15, 0.2) is 0 Å². The maximum Gasteiger partial charge on any atom is 0.143 e. The van der Waals surface area contributed by atoms with E-state index in [1.54, 1.807) is 0 Å². The first kappa shape index (κ1) is 8.75. The number of hydrogen-bond donors (Lipinski definition) is 0. The average Bonchev–Trinajstić information content (AvgIpc) is 1.96. The van der Waals surface area contributed by atoms with Crippen molar-refractivity contribution in [3.8, 4) is 0 Å². The molecule has 0 N–H and O–H groups in total. The van der Waals surface area contributed by atoms with Gasteiger partial charge in [-0.05, 0) is 12.1 Å². The van der Waals surface area contributed by atoms with Gasteiger partial charge in [0.2, 0.25) is 0 Å². The molecule has 0 heterocycles. The molecular formula is C7H4Cl2F2. The molecule has 0 atom stereocenters. The van der Waals surface area contributed by atoms with Crippen molar-refractivity contribution in [3.63, 3.8) is 0 Å². The van der Waals surface area contributed by atoms with Crippen LogP contribution in [0.4, 0.5) is 8.78 Å². The van der Waals surface area contributed by atoms with Crippen molar-refractivity contribution in [2.24, 2.45) is 0 Å². The third kappa shape index (κ3) is 1.82. The Morgan fingerprint density at radius 1 is 1.27 bits per heavy atom. The molecule has 0 aromatic heterocycles. The van der Waals surface area contributed by atoms with E-state index in [0.29, 0.717) is 0 Å². The van der Waals surface area contributed by atoms with Crippen LogP contribution < -0.4 is 0 Å². The van der Waals surface area contributed by atoms with Crippen LogP contribution in [-0.2, 0) is 6.67 Å². The minimum absolute atomic E-state index is 0.0802. The van der Waals surface area contributed by atoms with Gasteiger partial charge in [0.05, 0.1) is 5.02 Å². The molecule has 4 heteroatoms. The Bertz CT molecular complexity index is 273. The Kier molecular flexibility index (Phi) is 2.68. The first-order chi connectivity index (χ1) is 5.15. The molecule has 1 aromatic rings. The van der Waals surface area contributed by atoms with E-state index in [0.717, 1.165) is 6.07 Å². The summed E-state index contributed by atoms with van der Waals surface area (Å²) in [5.74, 6) is -0.688. The summed E-state index contributed by atoms with van der Waals surface area (Å²) in [7, 11) is 0. The van der Waals surface area contributed by atoms with Crippen LogP contribution in [-0.4, -0.2) is 0 Å². The van der Waals surface area contributed by atoms with E-state index in [-0.39, 0.29) is 15.6 Å². The van der Waals surface area contributed by atoms with E-state index in [2.05, 4.69) is 0 Å². The minimum Gasteiger partial charge on any atom is -0.246 e. The summed E-state index contributed by atoms with van der Waals surface area (Å²) in [4.78, 5) is 0. The van der Waals surface area contributed by atoms with Crippen molar-refractivity contribution >= 4 is 23.2 Å². The zero-order valence-electron chi connectivity index (χ0n) is 5.37. The number of hydrogen-bond acceptors (Lipinski definition) is 0. The van der Waals surface area contributed by atoms with E-state index in [9.17, 15) is 8.78 Å². The molecule has 0 saturated heterocycles. The van der Waals surface area contributed by atoms with E-state index in [1.165, 1.54) is 6.07 Å². The second-order valence-corrected chi connectivity index (χ2v) is 2.81. The second kappa shape index (κ2) is 3.37. The third-order valence-electron chi connectivity index (χ3n) is 1.21. The molecule has 1 rings (SSSR count). The number of alkyl halides is 1. The maximum absolute atomic E-state index is 12.6. The summed E-state index contributed by atoms with van der Waals surface area (Å²) in [6.45, 7) is -0.809. The van der Waals surface area contributed by atoms with Crippen molar-refractivity contribution in [2.45, 2.75) is 6.67 Å². The van der Waals surface area contributed by atoms with Crippen molar-refractivity contribution in [1.82, 2.24) is 0 Å². The number of halogens is 4. The quantitative estimate of drug-likeness (QED) is 0.603. The first-order valence-electron chi connectivity index (χ1n) is 2.84. The van der Waals surface area contributed by atoms with Crippen LogP contribution in [0.1, 0.15) is 5.56 Å². The highest BCUT2D eigenvalue weighted by atomic mass is 35.5. The molecule has 1 aromatic carbocycles. The fourth-order valence-corrected chi connectivity index (χ4v) is 1.09. The molecule has 0 spiro atoms. The third-order valence-corrected chi connectivity index (χ3v) is 1.85. The van der Waals surface area contributed by atoms with E-state index >= 15 is 0 Å². The zero-order chi connectivity index (χ0) is 8.43. The van der Waals surface area contributed by atoms with Gasteiger partial charge in [-0.2, -0.15) is 0 Å². The molecule has 0 saturated carbocycles. The van der Waals surface area contributed by atoms with Crippen LogP contribution in [0.5, 0.6) is 0 Å². The second-order valence-electron chi connectivity index (χ2n) is 1.99. The summed E-state index contributed by atoms with van der Waals surface area (Å²) in [5.41, 5.74) is 0.0802. The number of rotatable bonds is 1. The lowest BCUT2D eigenvalue weighted by atomic mass is 10.2. The lowest BCUT2D eigenvalue weighted by molar-refractivity contribution is 0.482. The SMILES string of the molecule is FCc1cc(Cl)cc(F)c1Cl. The molecule has 0 aliphatic carbocycles. The molecule has 0 aliphatic rings. The van der Waals surface area contributed by atoms with Crippen molar-refractivity contribution in [3.05, 3.63) is 33.6 Å². The van der Waals surface area contributed by atoms with Gasteiger partial charge in [0, 0.05) is 10.6 Å². The van der Waals surface area contributed by atoms with Gasteiger partial charge < -0.3 is 0 Å². The molecule has 0 amide bonds. The van der Waals surface area contributed by atoms with Gasteiger partial charge >= 0.3 is 0 Å². The summed E-state index contributed by atoms with van der Waals surface area (Å²) in [5, 5.41) is -0.0450. The van der Waals surface area contributed by atoms with Crippen molar-refractivity contribution in [2.75, 3.05) is 0 Å². The molecule has 0 unspecified atom stereocenters. The molecule has 0 aliphatic heterocycles. The highest BCUT2D eigenvalue weighted by Crippen LogP contribution is 2.24. The van der Waals surface area contributed by atoms with E-state index in [1.807, 2.05) is 0 Å². The lowest BCUT2D eigenvalue weighted by Crippen LogP contribution is -1.85. The van der Waals surface area contributed by atoms with Crippen LogP contribution in [0, 0.1) is 5.82 Å². The van der Waals surface area contributed by atoms with Gasteiger partial charge in [-0.25, -0.2) is 8.78 Å². The largest absolute Gasteiger partial charge is 0.246 e. The van der Waals surface area contributed by atoms with Crippen LogP contribution in [0.25, 0.3) is 0 Å². The normalized spacial score (nSPS) is 10.2. The summed E-state index contributed by atoms with van der Waals surface area (Å²) in [6.07, 6.45) is 0. The van der Waals surface area contributed by atoms with E-state index < -0.39 is 12.5 Å². The maximum atomic E-state index is 12.6. The van der Waals surface area contributed by atoms with Crippen molar-refractivity contribution < 1.29 is 8.78 Å². The Morgan fingerprint density at radius 2 is 1.91 bits per heavy atom. The predicted molar refractivity (Wildman–Crippen MR) is 41.2 cm³/mol. The molecular weight excluding hydrogens is 193 g/mol. The Hall–Kier alpha value is -0.340. The Balaban J connectivity index is 3.24. The average molecular weight is 197 g/mol. The highest BCUT2D eigenvalue weighted by Gasteiger charge is 2.07. The smallest absolute Gasteiger partial charge is 0.143 e. The minimum atomic E-state index is -0.809. The lowest BCUT2D eigenvalue weighted by Gasteiger charge is -2.00. The monoisotopic (exact) mass is 196 g/mol. The molecule has 0 radical (unpaired) electrons. The van der Waals surface area contributed by atoms with Crippen molar-refractivity contribution in [1.29, 1.82) is 0 Å². The van der Waals surface area contributed by atoms with Gasteiger partial charge in [-0.15, -0.1) is 0 Å². The van der Waals surface area contributed by atoms with Crippen LogP contribution in [0.2, 0.25) is 10.0 Å². The standard InChI is InChI=1S/C7H4Cl2F2/c8-5-1-4(3-10)7(9)6(11)2-5/h1-2H,3H2. The number of benzene rings is 1. The molecule has 0 bridgehead atoms. The van der Waals surface area contributed by atoms with Gasteiger partial charge in [0.25, 0.3) is 0 Å².